The minimum absolute atomic E-state index is 0.187. The van der Waals surface area contributed by atoms with Crippen molar-refractivity contribution in [3.63, 3.8) is 0 Å². The van der Waals surface area contributed by atoms with Crippen LogP contribution >= 0.6 is 11.8 Å². The van der Waals surface area contributed by atoms with Crippen molar-refractivity contribution in [3.8, 4) is 0 Å². The highest BCUT2D eigenvalue weighted by Gasteiger charge is 2.44. The fourth-order valence-electron chi connectivity index (χ4n) is 3.01. The number of hydrogen-bond donors (Lipinski definition) is 2. The van der Waals surface area contributed by atoms with Gasteiger partial charge >= 0.3 is 0 Å². The summed E-state index contributed by atoms with van der Waals surface area (Å²) in [6.07, 6.45) is 3.16. The molecular formula is C12H23N3OS. The van der Waals surface area contributed by atoms with Crippen LogP contribution < -0.4 is 10.6 Å². The molecular weight excluding hydrogens is 234 g/mol. The predicted octanol–water partition coefficient (Wildman–Crippen LogP) is 0.148. The molecule has 2 heterocycles. The number of rotatable bonds is 3. The third-order valence-electron chi connectivity index (χ3n) is 4.18. The van der Waals surface area contributed by atoms with Crippen molar-refractivity contribution in [2.24, 2.45) is 5.41 Å². The zero-order valence-corrected chi connectivity index (χ0v) is 11.8. The molecule has 0 radical (unpaired) electrons. The molecule has 2 aliphatic rings. The Hall–Kier alpha value is -0.260. The molecule has 2 aliphatic heterocycles. The van der Waals surface area contributed by atoms with Crippen molar-refractivity contribution in [3.05, 3.63) is 0 Å². The Morgan fingerprint density at radius 2 is 2.29 bits per heavy atom. The van der Waals surface area contributed by atoms with Gasteiger partial charge in [-0.2, -0.15) is 11.8 Å². The molecule has 0 bridgehead atoms. The van der Waals surface area contributed by atoms with Gasteiger partial charge < -0.3 is 10.6 Å². The molecule has 1 amide bonds. The van der Waals surface area contributed by atoms with Crippen molar-refractivity contribution < 1.29 is 4.79 Å². The highest BCUT2D eigenvalue weighted by atomic mass is 32.2. The quantitative estimate of drug-likeness (QED) is 0.755. The van der Waals surface area contributed by atoms with Crippen molar-refractivity contribution in [2.45, 2.75) is 24.6 Å². The molecule has 4 nitrogen and oxygen atoms in total. The van der Waals surface area contributed by atoms with Gasteiger partial charge in [0.15, 0.2) is 0 Å². The Morgan fingerprint density at radius 1 is 1.53 bits per heavy atom. The van der Waals surface area contributed by atoms with Crippen molar-refractivity contribution >= 4 is 17.7 Å². The van der Waals surface area contributed by atoms with Gasteiger partial charge in [0.1, 0.15) is 0 Å². The minimum Gasteiger partial charge on any atom is -0.359 e. The van der Waals surface area contributed by atoms with Crippen molar-refractivity contribution in [1.29, 1.82) is 0 Å². The van der Waals surface area contributed by atoms with E-state index in [-0.39, 0.29) is 11.3 Å². The first-order valence-corrected chi connectivity index (χ1v) is 7.59. The van der Waals surface area contributed by atoms with Gasteiger partial charge in [-0.25, -0.2) is 0 Å². The molecule has 2 rings (SSSR count). The molecule has 5 heteroatoms. The third-order valence-corrected chi connectivity index (χ3v) is 5.26. The lowest BCUT2D eigenvalue weighted by Gasteiger charge is -2.29. The lowest BCUT2D eigenvalue weighted by molar-refractivity contribution is -0.129. The third kappa shape index (κ3) is 2.46. The van der Waals surface area contributed by atoms with E-state index in [2.05, 4.69) is 28.7 Å². The summed E-state index contributed by atoms with van der Waals surface area (Å²) in [4.78, 5) is 14.4. The zero-order valence-electron chi connectivity index (χ0n) is 11.0. The number of nitrogens with zero attached hydrogens (tertiary/aromatic N) is 1. The Balaban J connectivity index is 2.00. The molecule has 3 unspecified atom stereocenters. The monoisotopic (exact) mass is 257 g/mol. The highest BCUT2D eigenvalue weighted by molar-refractivity contribution is 7.99. The van der Waals surface area contributed by atoms with Gasteiger partial charge in [0.2, 0.25) is 5.91 Å². The summed E-state index contributed by atoms with van der Waals surface area (Å²) in [5.74, 6) is 0.187. The van der Waals surface area contributed by atoms with E-state index in [0.717, 1.165) is 32.6 Å². The number of nitrogens with one attached hydrogen (secondary N) is 2. The van der Waals surface area contributed by atoms with E-state index in [1.165, 1.54) is 0 Å². The number of hydrogen-bond acceptors (Lipinski definition) is 4. The molecule has 2 fully saturated rings. The number of carbonyl (C=O) groups is 1. The maximum absolute atomic E-state index is 11.9. The summed E-state index contributed by atoms with van der Waals surface area (Å²) in [5, 5.41) is 6.92. The average molecular weight is 257 g/mol. The molecule has 3 atom stereocenters. The van der Waals surface area contributed by atoms with Gasteiger partial charge in [-0.05, 0) is 26.1 Å². The summed E-state index contributed by atoms with van der Waals surface area (Å²) in [5.41, 5.74) is -0.194. The van der Waals surface area contributed by atoms with Gasteiger partial charge in [0.25, 0.3) is 0 Å². The normalized spacial score (nSPS) is 38.5. The van der Waals surface area contributed by atoms with Crippen LogP contribution in [0, 0.1) is 5.41 Å². The average Bonchev–Trinajstić information content (AvgIpc) is 2.94. The van der Waals surface area contributed by atoms with E-state index in [1.807, 2.05) is 11.8 Å². The van der Waals surface area contributed by atoms with Gasteiger partial charge in [-0.3, -0.25) is 9.69 Å². The van der Waals surface area contributed by atoms with E-state index < -0.39 is 0 Å². The van der Waals surface area contributed by atoms with Crippen LogP contribution in [0.4, 0.5) is 0 Å². The van der Waals surface area contributed by atoms with Crippen LogP contribution in [0.3, 0.4) is 0 Å². The lowest BCUT2D eigenvalue weighted by atomic mass is 9.89. The number of likely N-dealkylation sites (tertiary alicyclic amines) is 1. The first kappa shape index (κ1) is 13.2. The minimum atomic E-state index is -0.194. The van der Waals surface area contributed by atoms with E-state index >= 15 is 0 Å². The molecule has 2 saturated heterocycles. The smallest absolute Gasteiger partial charge is 0.227 e. The van der Waals surface area contributed by atoms with Gasteiger partial charge in [-0.1, -0.05) is 0 Å². The Kier molecular flexibility index (Phi) is 4.00. The maximum atomic E-state index is 11.9. The SMILES string of the molecule is CNC(=O)C1(C)CCN(C2CNCC2SC)C1. The van der Waals surface area contributed by atoms with Gasteiger partial charge in [0, 0.05) is 38.0 Å². The predicted molar refractivity (Wildman–Crippen MR) is 72.3 cm³/mol. The second kappa shape index (κ2) is 5.16. The summed E-state index contributed by atoms with van der Waals surface area (Å²) < 4.78 is 0. The van der Waals surface area contributed by atoms with E-state index in [0.29, 0.717) is 11.3 Å². The fraction of sp³-hybridized carbons (Fsp3) is 0.917. The second-order valence-corrected chi connectivity index (χ2v) is 6.44. The van der Waals surface area contributed by atoms with Gasteiger partial charge in [0.05, 0.1) is 5.41 Å². The molecule has 0 aromatic carbocycles. The molecule has 0 aliphatic carbocycles. The fourth-order valence-corrected chi connectivity index (χ4v) is 3.88. The molecule has 0 aromatic rings. The van der Waals surface area contributed by atoms with Crippen LogP contribution in [-0.4, -0.2) is 61.6 Å². The summed E-state index contributed by atoms with van der Waals surface area (Å²) in [6.45, 7) is 6.19. The number of carbonyl (C=O) groups excluding carboxylic acids is 1. The second-order valence-electron chi connectivity index (χ2n) is 5.36. The van der Waals surface area contributed by atoms with Crippen LogP contribution in [0.2, 0.25) is 0 Å². The lowest BCUT2D eigenvalue weighted by Crippen LogP contribution is -2.44. The van der Waals surface area contributed by atoms with E-state index in [4.69, 9.17) is 0 Å². The Labute approximate surface area is 108 Å². The number of thioether (sulfide) groups is 1. The molecule has 17 heavy (non-hydrogen) atoms. The summed E-state index contributed by atoms with van der Waals surface area (Å²) in [7, 11) is 1.73. The maximum Gasteiger partial charge on any atom is 0.227 e. The molecule has 0 saturated carbocycles. The standard InChI is InChI=1S/C12H23N3OS/c1-12(11(16)13-2)4-5-15(8-12)9-6-14-7-10(9)17-3/h9-10,14H,4-8H2,1-3H3,(H,13,16). The molecule has 0 aromatic heterocycles. The van der Waals surface area contributed by atoms with Crippen LogP contribution in [-0.2, 0) is 4.79 Å². The van der Waals surface area contributed by atoms with Gasteiger partial charge in [-0.15, -0.1) is 0 Å². The highest BCUT2D eigenvalue weighted by Crippen LogP contribution is 2.33. The summed E-state index contributed by atoms with van der Waals surface area (Å²) in [6, 6.07) is 0.594. The Bertz CT molecular complexity index is 299. The number of amides is 1. The largest absolute Gasteiger partial charge is 0.359 e. The van der Waals surface area contributed by atoms with Crippen LogP contribution in [0.5, 0.6) is 0 Å². The van der Waals surface area contributed by atoms with Crippen LogP contribution in [0.25, 0.3) is 0 Å². The van der Waals surface area contributed by atoms with Crippen LogP contribution in [0.15, 0.2) is 0 Å². The zero-order chi connectivity index (χ0) is 12.5. The molecule has 2 N–H and O–H groups in total. The summed E-state index contributed by atoms with van der Waals surface area (Å²) >= 11 is 1.94. The molecule has 98 valence electrons. The van der Waals surface area contributed by atoms with Crippen molar-refractivity contribution in [2.75, 3.05) is 39.5 Å². The van der Waals surface area contributed by atoms with E-state index in [9.17, 15) is 4.79 Å². The van der Waals surface area contributed by atoms with Crippen LogP contribution in [0.1, 0.15) is 13.3 Å². The Morgan fingerprint density at radius 3 is 2.94 bits per heavy atom. The topological polar surface area (TPSA) is 44.4 Å². The molecule has 0 spiro atoms. The first-order valence-electron chi connectivity index (χ1n) is 6.30. The first-order chi connectivity index (χ1) is 8.10. The van der Waals surface area contributed by atoms with Crippen molar-refractivity contribution in [1.82, 2.24) is 15.5 Å². The van der Waals surface area contributed by atoms with E-state index in [1.54, 1.807) is 7.05 Å².